The molecule has 3 aromatic rings. The molecule has 0 fully saturated rings. The zero-order valence-corrected chi connectivity index (χ0v) is 18.1. The van der Waals surface area contributed by atoms with Gasteiger partial charge >= 0.3 is 0 Å². The van der Waals surface area contributed by atoms with Crippen molar-refractivity contribution in [3.63, 3.8) is 0 Å². The van der Waals surface area contributed by atoms with Gasteiger partial charge in [0.15, 0.2) is 0 Å². The van der Waals surface area contributed by atoms with Crippen LogP contribution in [0.15, 0.2) is 78.5 Å². The van der Waals surface area contributed by atoms with E-state index in [0.717, 1.165) is 29.5 Å². The Morgan fingerprint density at radius 3 is 2.24 bits per heavy atom. The lowest BCUT2D eigenvalue weighted by Crippen LogP contribution is -2.36. The van der Waals surface area contributed by atoms with Crippen LogP contribution < -0.4 is 10.6 Å². The molecule has 0 radical (unpaired) electrons. The number of hydrogen-bond acceptors (Lipinski definition) is 4. The van der Waals surface area contributed by atoms with Crippen molar-refractivity contribution in [1.82, 2.24) is 10.6 Å². The van der Waals surface area contributed by atoms with E-state index < -0.39 is 16.7 Å². The maximum atomic E-state index is 13.3. The Balaban J connectivity index is 1.89. The Kier molecular flexibility index (Phi) is 6.31. The summed E-state index contributed by atoms with van der Waals surface area (Å²) in [5.41, 5.74) is 3.78. The maximum absolute atomic E-state index is 13.3. The van der Waals surface area contributed by atoms with Crippen molar-refractivity contribution in [2.45, 2.75) is 19.8 Å². The first-order valence-corrected chi connectivity index (χ1v) is 10.8. The largest absolute Gasteiger partial charge is 0.351 e. The molecule has 3 aromatic carbocycles. The van der Waals surface area contributed by atoms with Gasteiger partial charge in [-0.1, -0.05) is 55.8 Å². The highest BCUT2D eigenvalue weighted by Gasteiger charge is 2.31. The summed E-state index contributed by atoms with van der Waals surface area (Å²) in [5.74, 6) is -0.864. The van der Waals surface area contributed by atoms with Crippen LogP contribution in [0.25, 0.3) is 16.7 Å². The Hall–Kier alpha value is -4.26. The molecule has 7 heteroatoms. The molecule has 0 aromatic heterocycles. The maximum Gasteiger partial charge on any atom is 0.270 e. The first-order chi connectivity index (χ1) is 16.0. The van der Waals surface area contributed by atoms with Gasteiger partial charge in [0.25, 0.3) is 17.5 Å². The molecule has 0 spiro atoms. The Labute approximate surface area is 191 Å². The van der Waals surface area contributed by atoms with Crippen LogP contribution in [0.2, 0.25) is 0 Å². The van der Waals surface area contributed by atoms with Gasteiger partial charge in [0.1, 0.15) is 5.70 Å². The molecule has 0 bridgehead atoms. The quantitative estimate of drug-likeness (QED) is 0.188. The third kappa shape index (κ3) is 4.39. The molecule has 0 unspecified atom stereocenters. The lowest BCUT2D eigenvalue weighted by molar-refractivity contribution is -0.384. The van der Waals surface area contributed by atoms with Gasteiger partial charge in [-0.25, -0.2) is 0 Å². The minimum atomic E-state index is -0.468. The van der Waals surface area contributed by atoms with Crippen LogP contribution in [-0.4, -0.2) is 23.3 Å². The van der Waals surface area contributed by atoms with Crippen molar-refractivity contribution in [2.75, 3.05) is 6.54 Å². The van der Waals surface area contributed by atoms with Gasteiger partial charge < -0.3 is 10.6 Å². The standard InChI is InChI=1S/C26H23N3O4/c1-2-3-15-27-26(31)24(28-25(30)17-9-5-4-6-10-17)23-21-12-8-7-11-19(21)20-14-13-18(29(32)33)16-22(20)23/h4-14,16H,2-3,15H2,1H3,(H,27,31)(H,28,30). The van der Waals surface area contributed by atoms with Gasteiger partial charge in [-0.3, -0.25) is 19.7 Å². The number of unbranched alkanes of at least 4 members (excludes halogenated alkanes) is 1. The molecule has 2 N–H and O–H groups in total. The smallest absolute Gasteiger partial charge is 0.270 e. The summed E-state index contributed by atoms with van der Waals surface area (Å²) in [4.78, 5) is 37.3. The number of amides is 2. The zero-order chi connectivity index (χ0) is 23.4. The van der Waals surface area contributed by atoms with Crippen molar-refractivity contribution in [2.24, 2.45) is 0 Å². The second-order valence-electron chi connectivity index (χ2n) is 7.71. The highest BCUT2D eigenvalue weighted by atomic mass is 16.6. The fourth-order valence-electron chi connectivity index (χ4n) is 3.91. The number of carbonyl (C=O) groups excluding carboxylic acids is 2. The number of non-ortho nitro benzene ring substituents is 1. The molecule has 0 atom stereocenters. The van der Waals surface area contributed by atoms with Crippen molar-refractivity contribution in [3.05, 3.63) is 105 Å². The third-order valence-corrected chi connectivity index (χ3v) is 5.54. The summed E-state index contributed by atoms with van der Waals surface area (Å²) >= 11 is 0. The number of nitro benzene ring substituents is 1. The van der Waals surface area contributed by atoms with Gasteiger partial charge in [0.2, 0.25) is 0 Å². The number of nitrogens with one attached hydrogen (secondary N) is 2. The monoisotopic (exact) mass is 441 g/mol. The van der Waals surface area contributed by atoms with Crippen molar-refractivity contribution in [1.29, 1.82) is 0 Å². The number of benzene rings is 3. The normalized spacial score (nSPS) is 13.0. The molecule has 166 valence electrons. The number of nitrogens with zero attached hydrogens (tertiary/aromatic N) is 1. The van der Waals surface area contributed by atoms with Gasteiger partial charge in [-0.05, 0) is 46.9 Å². The summed E-state index contributed by atoms with van der Waals surface area (Å²) in [6.45, 7) is 2.47. The SMILES string of the molecule is CCCCNC(=O)C(NC(=O)c1ccccc1)=C1c2ccccc2-c2ccc([N+](=O)[O-])cc21. The van der Waals surface area contributed by atoms with Gasteiger partial charge in [0.05, 0.1) is 4.92 Å². The summed E-state index contributed by atoms with van der Waals surface area (Å²) in [6.07, 6.45) is 1.69. The van der Waals surface area contributed by atoms with Crippen LogP contribution in [0.4, 0.5) is 5.69 Å². The first kappa shape index (κ1) is 22.0. The minimum absolute atomic E-state index is 0.0756. The van der Waals surface area contributed by atoms with E-state index in [1.54, 1.807) is 36.4 Å². The van der Waals surface area contributed by atoms with Crippen LogP contribution in [0.5, 0.6) is 0 Å². The summed E-state index contributed by atoms with van der Waals surface area (Å²) in [6, 6.07) is 20.7. The first-order valence-electron chi connectivity index (χ1n) is 10.8. The number of fused-ring (bicyclic) bond motifs is 3. The molecule has 0 aliphatic heterocycles. The zero-order valence-electron chi connectivity index (χ0n) is 18.1. The second kappa shape index (κ2) is 9.48. The number of hydrogen-bond donors (Lipinski definition) is 2. The number of rotatable bonds is 7. The van der Waals surface area contributed by atoms with E-state index in [1.807, 2.05) is 31.2 Å². The molecule has 4 rings (SSSR count). The van der Waals surface area contributed by atoms with Crippen molar-refractivity contribution < 1.29 is 14.5 Å². The average Bonchev–Trinajstić information content (AvgIpc) is 3.16. The van der Waals surface area contributed by atoms with E-state index in [4.69, 9.17) is 0 Å². The van der Waals surface area contributed by atoms with E-state index >= 15 is 0 Å². The van der Waals surface area contributed by atoms with Gasteiger partial charge in [-0.15, -0.1) is 0 Å². The minimum Gasteiger partial charge on any atom is -0.351 e. The molecule has 1 aliphatic carbocycles. The number of carbonyl (C=O) groups is 2. The molecular weight excluding hydrogens is 418 g/mol. The van der Waals surface area contributed by atoms with Crippen LogP contribution in [0.1, 0.15) is 41.3 Å². The molecule has 0 saturated heterocycles. The van der Waals surface area contributed by atoms with Crippen LogP contribution in [0, 0.1) is 10.1 Å². The van der Waals surface area contributed by atoms with Crippen LogP contribution in [0.3, 0.4) is 0 Å². The average molecular weight is 441 g/mol. The Bertz CT molecular complexity index is 1270. The summed E-state index contributed by atoms with van der Waals surface area (Å²) in [7, 11) is 0. The van der Waals surface area contributed by atoms with Gasteiger partial charge in [-0.2, -0.15) is 0 Å². The summed E-state index contributed by atoms with van der Waals surface area (Å²) < 4.78 is 0. The Morgan fingerprint density at radius 2 is 1.55 bits per heavy atom. The van der Waals surface area contributed by atoms with Crippen LogP contribution >= 0.6 is 0 Å². The van der Waals surface area contributed by atoms with E-state index in [-0.39, 0.29) is 11.4 Å². The fraction of sp³-hybridized carbons (Fsp3) is 0.154. The van der Waals surface area contributed by atoms with Gasteiger partial charge in [0, 0.05) is 29.8 Å². The summed E-state index contributed by atoms with van der Waals surface area (Å²) in [5, 5.41) is 17.1. The highest BCUT2D eigenvalue weighted by Crippen LogP contribution is 2.46. The Morgan fingerprint density at radius 1 is 0.879 bits per heavy atom. The van der Waals surface area contributed by atoms with Crippen molar-refractivity contribution >= 4 is 23.1 Å². The highest BCUT2D eigenvalue weighted by molar-refractivity contribution is 6.14. The lowest BCUT2D eigenvalue weighted by atomic mass is 10.00. The third-order valence-electron chi connectivity index (χ3n) is 5.54. The molecular formula is C26H23N3O4. The molecule has 7 nitrogen and oxygen atoms in total. The van der Waals surface area contributed by atoms with E-state index in [0.29, 0.717) is 23.2 Å². The van der Waals surface area contributed by atoms with E-state index in [2.05, 4.69) is 10.6 Å². The molecule has 0 heterocycles. The lowest BCUT2D eigenvalue weighted by Gasteiger charge is -2.15. The number of nitro groups is 1. The molecule has 33 heavy (non-hydrogen) atoms. The van der Waals surface area contributed by atoms with E-state index in [9.17, 15) is 19.7 Å². The predicted molar refractivity (Wildman–Crippen MR) is 126 cm³/mol. The van der Waals surface area contributed by atoms with Crippen LogP contribution in [-0.2, 0) is 4.79 Å². The molecule has 1 aliphatic rings. The fourth-order valence-corrected chi connectivity index (χ4v) is 3.91. The molecule has 0 saturated carbocycles. The second-order valence-corrected chi connectivity index (χ2v) is 7.71. The van der Waals surface area contributed by atoms with Crippen molar-refractivity contribution in [3.8, 4) is 11.1 Å². The predicted octanol–water partition coefficient (Wildman–Crippen LogP) is 4.68. The molecule has 2 amide bonds. The van der Waals surface area contributed by atoms with E-state index in [1.165, 1.54) is 12.1 Å². The topological polar surface area (TPSA) is 101 Å².